The van der Waals surface area contributed by atoms with Crippen molar-refractivity contribution in [3.63, 3.8) is 0 Å². The molecule has 1 fully saturated rings. The average Bonchev–Trinajstić information content (AvgIpc) is 3.17. The predicted octanol–water partition coefficient (Wildman–Crippen LogP) is 0.557. The highest BCUT2D eigenvalue weighted by Gasteiger charge is 2.23. The summed E-state index contributed by atoms with van der Waals surface area (Å²) in [6.45, 7) is 0.163. The number of carbonyl (C=O) groups is 2. The fourth-order valence-corrected chi connectivity index (χ4v) is 1.87. The van der Waals surface area contributed by atoms with E-state index in [2.05, 4.69) is 10.6 Å². The van der Waals surface area contributed by atoms with Crippen molar-refractivity contribution in [3.05, 3.63) is 24.0 Å². The lowest BCUT2D eigenvalue weighted by atomic mass is 10.2. The van der Waals surface area contributed by atoms with Gasteiger partial charge in [0.1, 0.15) is 5.82 Å². The van der Waals surface area contributed by atoms with Gasteiger partial charge in [0.2, 0.25) is 11.8 Å². The van der Waals surface area contributed by atoms with Gasteiger partial charge in [-0.1, -0.05) is 0 Å². The number of nitrogens with two attached hydrogens (primary N) is 1. The summed E-state index contributed by atoms with van der Waals surface area (Å²) in [5.41, 5.74) is 6.17. The van der Waals surface area contributed by atoms with Gasteiger partial charge in [-0.05, 0) is 38.1 Å². The number of carbonyl (C=O) groups excluding carboxylic acids is 2. The van der Waals surface area contributed by atoms with Crippen LogP contribution in [0, 0.1) is 5.82 Å². The van der Waals surface area contributed by atoms with Gasteiger partial charge in [0.15, 0.2) is 0 Å². The molecule has 1 aromatic rings. The average molecular weight is 294 g/mol. The summed E-state index contributed by atoms with van der Waals surface area (Å²) < 4.78 is 13.1. The summed E-state index contributed by atoms with van der Waals surface area (Å²) in [6, 6.07) is 4.07. The zero-order valence-corrected chi connectivity index (χ0v) is 11.9. The van der Waals surface area contributed by atoms with Gasteiger partial charge in [0, 0.05) is 6.04 Å². The maximum Gasteiger partial charge on any atom is 0.238 e. The maximum atomic E-state index is 13.1. The third-order valence-electron chi connectivity index (χ3n) is 3.06. The lowest BCUT2D eigenvalue weighted by molar-refractivity contribution is -0.123. The van der Waals surface area contributed by atoms with E-state index in [4.69, 9.17) is 5.73 Å². The molecule has 0 bridgehead atoms. The lowest BCUT2D eigenvalue weighted by Crippen LogP contribution is -2.39. The molecule has 1 saturated carbocycles. The van der Waals surface area contributed by atoms with Crippen LogP contribution in [0.2, 0.25) is 0 Å². The molecule has 7 heteroatoms. The number of hydrogen-bond donors (Lipinski definition) is 3. The van der Waals surface area contributed by atoms with Crippen LogP contribution in [0.25, 0.3) is 0 Å². The number of halogens is 1. The standard InChI is InChI=1S/C14H19FN4O2/c1-19(7-13(20)17-10-3-4-10)8-14(21)18-12-6-9(15)2-5-11(12)16/h2,5-6,10H,3-4,7-8,16H2,1H3,(H,17,20)(H,18,21). The maximum absolute atomic E-state index is 13.1. The molecule has 0 spiro atoms. The number of amides is 2. The quantitative estimate of drug-likeness (QED) is 0.669. The Morgan fingerprint density at radius 1 is 1.33 bits per heavy atom. The first-order chi connectivity index (χ1) is 9.94. The van der Waals surface area contributed by atoms with Crippen molar-refractivity contribution in [2.75, 3.05) is 31.2 Å². The normalized spacial score (nSPS) is 14.0. The number of rotatable bonds is 6. The molecule has 2 rings (SSSR count). The SMILES string of the molecule is CN(CC(=O)Nc1cc(F)ccc1N)CC(=O)NC1CC1. The molecule has 0 unspecified atom stereocenters. The van der Waals surface area contributed by atoms with Crippen LogP contribution in [0.15, 0.2) is 18.2 Å². The molecule has 0 heterocycles. The number of likely N-dealkylation sites (N-methyl/N-ethyl adjacent to an activating group) is 1. The Kier molecular flexibility index (Phi) is 4.74. The van der Waals surface area contributed by atoms with Crippen LogP contribution in [0.4, 0.5) is 15.8 Å². The largest absolute Gasteiger partial charge is 0.397 e. The number of anilines is 2. The second kappa shape index (κ2) is 6.53. The number of nitrogens with one attached hydrogen (secondary N) is 2. The van der Waals surface area contributed by atoms with Crippen molar-refractivity contribution in [2.24, 2.45) is 0 Å². The molecule has 4 N–H and O–H groups in total. The summed E-state index contributed by atoms with van der Waals surface area (Å²) in [5, 5.41) is 5.37. The zero-order chi connectivity index (χ0) is 15.4. The van der Waals surface area contributed by atoms with Gasteiger partial charge in [0.05, 0.1) is 24.5 Å². The Bertz CT molecular complexity index is 546. The van der Waals surface area contributed by atoms with Crippen LogP contribution < -0.4 is 16.4 Å². The minimum atomic E-state index is -0.475. The second-order valence-corrected chi connectivity index (χ2v) is 5.29. The summed E-state index contributed by atoms with van der Waals surface area (Å²) in [4.78, 5) is 25.0. The number of nitrogens with zero attached hydrogens (tertiary/aromatic N) is 1. The highest BCUT2D eigenvalue weighted by atomic mass is 19.1. The number of nitrogen functional groups attached to an aromatic ring is 1. The molecule has 114 valence electrons. The smallest absolute Gasteiger partial charge is 0.238 e. The summed E-state index contributed by atoms with van der Waals surface area (Å²) in [6.07, 6.45) is 2.05. The highest BCUT2D eigenvalue weighted by Crippen LogP contribution is 2.19. The molecule has 0 aromatic heterocycles. The zero-order valence-electron chi connectivity index (χ0n) is 11.9. The van der Waals surface area contributed by atoms with Crippen molar-refractivity contribution in [1.82, 2.24) is 10.2 Å². The number of benzene rings is 1. The molecule has 0 radical (unpaired) electrons. The fourth-order valence-electron chi connectivity index (χ4n) is 1.87. The first-order valence-electron chi connectivity index (χ1n) is 6.77. The Morgan fingerprint density at radius 2 is 2.00 bits per heavy atom. The molecule has 0 aliphatic heterocycles. The molecule has 1 aliphatic rings. The van der Waals surface area contributed by atoms with Crippen molar-refractivity contribution in [1.29, 1.82) is 0 Å². The van der Waals surface area contributed by atoms with E-state index in [1.807, 2.05) is 0 Å². The summed E-state index contributed by atoms with van der Waals surface area (Å²) in [7, 11) is 1.67. The van der Waals surface area contributed by atoms with Crippen molar-refractivity contribution in [3.8, 4) is 0 Å². The third-order valence-corrected chi connectivity index (χ3v) is 3.06. The van der Waals surface area contributed by atoms with Gasteiger partial charge in [-0.25, -0.2) is 4.39 Å². The minimum Gasteiger partial charge on any atom is -0.397 e. The van der Waals surface area contributed by atoms with Crippen LogP contribution in [0.5, 0.6) is 0 Å². The van der Waals surface area contributed by atoms with Crippen molar-refractivity contribution in [2.45, 2.75) is 18.9 Å². The first kappa shape index (κ1) is 15.2. The highest BCUT2D eigenvalue weighted by molar-refractivity contribution is 5.95. The second-order valence-electron chi connectivity index (χ2n) is 5.29. The van der Waals surface area contributed by atoms with Gasteiger partial charge < -0.3 is 16.4 Å². The molecule has 1 aromatic carbocycles. The molecule has 21 heavy (non-hydrogen) atoms. The number of hydrogen-bond acceptors (Lipinski definition) is 4. The monoisotopic (exact) mass is 294 g/mol. The minimum absolute atomic E-state index is 0.0219. The van der Waals surface area contributed by atoms with Gasteiger partial charge in [0.25, 0.3) is 0 Å². The Hall–Kier alpha value is -2.15. The molecule has 1 aliphatic carbocycles. The molecular formula is C14H19FN4O2. The van der Waals surface area contributed by atoms with Crippen molar-refractivity contribution >= 4 is 23.2 Å². The van der Waals surface area contributed by atoms with Crippen LogP contribution in [-0.2, 0) is 9.59 Å². The van der Waals surface area contributed by atoms with E-state index in [1.54, 1.807) is 11.9 Å². The molecular weight excluding hydrogens is 275 g/mol. The van der Waals surface area contributed by atoms with E-state index in [9.17, 15) is 14.0 Å². The third kappa shape index (κ3) is 5.03. The Labute approximate surface area is 122 Å². The Balaban J connectivity index is 1.80. The van der Waals surface area contributed by atoms with Crippen molar-refractivity contribution < 1.29 is 14.0 Å². The van der Waals surface area contributed by atoms with E-state index in [0.29, 0.717) is 11.7 Å². The van der Waals surface area contributed by atoms with E-state index >= 15 is 0 Å². The van der Waals surface area contributed by atoms with E-state index < -0.39 is 5.82 Å². The lowest BCUT2D eigenvalue weighted by Gasteiger charge is -2.16. The van der Waals surface area contributed by atoms with Gasteiger partial charge >= 0.3 is 0 Å². The van der Waals surface area contributed by atoms with Gasteiger partial charge in [-0.3, -0.25) is 14.5 Å². The van der Waals surface area contributed by atoms with E-state index in [-0.39, 0.29) is 30.6 Å². The molecule has 0 saturated heterocycles. The van der Waals surface area contributed by atoms with Gasteiger partial charge in [-0.15, -0.1) is 0 Å². The summed E-state index contributed by atoms with van der Waals surface area (Å²) in [5.74, 6) is -0.927. The fraction of sp³-hybridized carbons (Fsp3) is 0.429. The predicted molar refractivity (Wildman–Crippen MR) is 78.1 cm³/mol. The molecule has 6 nitrogen and oxygen atoms in total. The van der Waals surface area contributed by atoms with E-state index in [0.717, 1.165) is 18.9 Å². The first-order valence-corrected chi connectivity index (χ1v) is 6.77. The molecule has 0 atom stereocenters. The van der Waals surface area contributed by atoms with Crippen LogP contribution >= 0.6 is 0 Å². The van der Waals surface area contributed by atoms with Crippen LogP contribution in [0.3, 0.4) is 0 Å². The Morgan fingerprint density at radius 3 is 2.67 bits per heavy atom. The van der Waals surface area contributed by atoms with Gasteiger partial charge in [-0.2, -0.15) is 0 Å². The van der Waals surface area contributed by atoms with Crippen LogP contribution in [0.1, 0.15) is 12.8 Å². The molecule has 2 amide bonds. The summed E-state index contributed by atoms with van der Waals surface area (Å²) >= 11 is 0. The van der Waals surface area contributed by atoms with E-state index in [1.165, 1.54) is 12.1 Å². The topological polar surface area (TPSA) is 87.5 Å². The van der Waals surface area contributed by atoms with Crippen LogP contribution in [-0.4, -0.2) is 42.9 Å².